The van der Waals surface area contributed by atoms with E-state index in [2.05, 4.69) is 51.4 Å². The first-order valence-electron chi connectivity index (χ1n) is 9.61. The van der Waals surface area contributed by atoms with E-state index in [0.29, 0.717) is 11.2 Å². The SMILES string of the molecule is Nc1[nH]c(=O)nc2c1ncn2C(c1ccccc1)(c1ccccc1)c1ccccc1. The number of fused-ring (bicyclic) bond motifs is 1. The number of nitrogen functional groups attached to an aromatic ring is 1. The maximum Gasteiger partial charge on any atom is 0.348 e. The molecule has 3 aromatic carbocycles. The molecule has 0 saturated heterocycles. The van der Waals surface area contributed by atoms with Crippen molar-refractivity contribution in [2.24, 2.45) is 0 Å². The summed E-state index contributed by atoms with van der Waals surface area (Å²) in [6.07, 6.45) is 1.70. The van der Waals surface area contributed by atoms with Gasteiger partial charge >= 0.3 is 5.69 Å². The molecule has 6 heteroatoms. The molecule has 0 spiro atoms. The Bertz CT molecular complexity index is 1260. The molecule has 0 aliphatic carbocycles. The molecule has 0 saturated carbocycles. The number of hydrogen-bond acceptors (Lipinski definition) is 4. The molecular weight excluding hydrogens is 374 g/mol. The van der Waals surface area contributed by atoms with E-state index in [1.807, 2.05) is 59.2 Å². The van der Waals surface area contributed by atoms with Crippen LogP contribution in [0.15, 0.2) is 102 Å². The minimum Gasteiger partial charge on any atom is -0.383 e. The van der Waals surface area contributed by atoms with Crippen molar-refractivity contribution in [2.75, 3.05) is 5.73 Å². The topological polar surface area (TPSA) is 89.6 Å². The summed E-state index contributed by atoms with van der Waals surface area (Å²) >= 11 is 0. The highest BCUT2D eigenvalue weighted by Crippen LogP contribution is 2.42. The Kier molecular flexibility index (Phi) is 4.17. The lowest BCUT2D eigenvalue weighted by atomic mass is 9.76. The second-order valence-electron chi connectivity index (χ2n) is 7.05. The van der Waals surface area contributed by atoms with Crippen LogP contribution in [0, 0.1) is 0 Å². The molecule has 0 fully saturated rings. The van der Waals surface area contributed by atoms with E-state index >= 15 is 0 Å². The first-order chi connectivity index (χ1) is 14.7. The number of nitrogens with two attached hydrogens (primary N) is 1. The highest BCUT2D eigenvalue weighted by Gasteiger charge is 2.40. The zero-order valence-corrected chi connectivity index (χ0v) is 16.1. The fraction of sp³-hybridized carbons (Fsp3) is 0.0417. The lowest BCUT2D eigenvalue weighted by molar-refractivity contribution is 0.525. The molecule has 0 amide bonds. The van der Waals surface area contributed by atoms with E-state index < -0.39 is 11.2 Å². The predicted molar refractivity (Wildman–Crippen MR) is 117 cm³/mol. The van der Waals surface area contributed by atoms with Gasteiger partial charge in [-0.05, 0) is 16.7 Å². The Morgan fingerprint density at radius 2 is 1.23 bits per heavy atom. The van der Waals surface area contributed by atoms with Gasteiger partial charge in [0.2, 0.25) is 0 Å². The normalized spacial score (nSPS) is 11.6. The third-order valence-corrected chi connectivity index (χ3v) is 5.38. The summed E-state index contributed by atoms with van der Waals surface area (Å²) in [5.74, 6) is 0.201. The van der Waals surface area contributed by atoms with E-state index in [9.17, 15) is 4.79 Å². The summed E-state index contributed by atoms with van der Waals surface area (Å²) in [6.45, 7) is 0. The van der Waals surface area contributed by atoms with Crippen molar-refractivity contribution in [3.8, 4) is 0 Å². The van der Waals surface area contributed by atoms with Crippen molar-refractivity contribution < 1.29 is 0 Å². The van der Waals surface area contributed by atoms with Crippen LogP contribution in [-0.2, 0) is 5.54 Å². The number of hydrogen-bond donors (Lipinski definition) is 2. The van der Waals surface area contributed by atoms with Crippen LogP contribution in [0.2, 0.25) is 0 Å². The minimum atomic E-state index is -0.800. The number of nitrogens with zero attached hydrogens (tertiary/aromatic N) is 3. The van der Waals surface area contributed by atoms with Crippen LogP contribution in [0.25, 0.3) is 11.2 Å². The predicted octanol–water partition coefficient (Wildman–Crippen LogP) is 3.54. The number of aromatic nitrogens is 4. The smallest absolute Gasteiger partial charge is 0.348 e. The van der Waals surface area contributed by atoms with Crippen molar-refractivity contribution in [3.05, 3.63) is 124 Å². The average molecular weight is 393 g/mol. The van der Waals surface area contributed by atoms with E-state index in [0.717, 1.165) is 16.7 Å². The summed E-state index contributed by atoms with van der Waals surface area (Å²) in [7, 11) is 0. The quantitative estimate of drug-likeness (QED) is 0.457. The summed E-state index contributed by atoms with van der Waals surface area (Å²) in [5.41, 5.74) is 8.68. The van der Waals surface area contributed by atoms with Crippen LogP contribution in [0.1, 0.15) is 16.7 Å². The Hall–Kier alpha value is -4.19. The number of aromatic amines is 1. The standard InChI is InChI=1S/C24H19N5O/c25-21-20-22(28-23(30)27-21)29(16-26-20)24(17-10-4-1-5-11-17,18-12-6-2-7-13-18)19-14-8-3-9-15-19/h1-16H,(H3,25,27,28,30). The van der Waals surface area contributed by atoms with Gasteiger partial charge in [-0.25, -0.2) is 9.78 Å². The molecule has 0 aliphatic rings. The van der Waals surface area contributed by atoms with E-state index in [4.69, 9.17) is 5.73 Å². The van der Waals surface area contributed by atoms with Crippen LogP contribution in [0.3, 0.4) is 0 Å². The van der Waals surface area contributed by atoms with Crippen LogP contribution in [-0.4, -0.2) is 19.5 Å². The maximum atomic E-state index is 12.2. The Morgan fingerprint density at radius 1 is 0.767 bits per heavy atom. The van der Waals surface area contributed by atoms with Crippen LogP contribution < -0.4 is 11.4 Å². The van der Waals surface area contributed by atoms with Crippen molar-refractivity contribution in [1.82, 2.24) is 19.5 Å². The fourth-order valence-electron chi connectivity index (χ4n) is 4.14. The monoisotopic (exact) mass is 393 g/mol. The zero-order valence-electron chi connectivity index (χ0n) is 16.1. The van der Waals surface area contributed by atoms with Crippen LogP contribution >= 0.6 is 0 Å². The molecule has 5 aromatic rings. The summed E-state index contributed by atoms with van der Waals surface area (Å²) < 4.78 is 1.94. The molecule has 3 N–H and O–H groups in total. The lowest BCUT2D eigenvalue weighted by Gasteiger charge is -2.37. The molecule has 6 nitrogen and oxygen atoms in total. The highest BCUT2D eigenvalue weighted by molar-refractivity contribution is 5.82. The van der Waals surface area contributed by atoms with Crippen molar-refractivity contribution in [1.29, 1.82) is 0 Å². The van der Waals surface area contributed by atoms with Gasteiger partial charge in [0.1, 0.15) is 16.9 Å². The van der Waals surface area contributed by atoms with Gasteiger partial charge in [-0.15, -0.1) is 0 Å². The minimum absolute atomic E-state index is 0.201. The van der Waals surface area contributed by atoms with Gasteiger partial charge in [-0.3, -0.25) is 9.55 Å². The molecule has 146 valence electrons. The molecule has 0 bridgehead atoms. The van der Waals surface area contributed by atoms with E-state index in [-0.39, 0.29) is 5.82 Å². The van der Waals surface area contributed by atoms with E-state index in [1.54, 1.807) is 6.33 Å². The molecule has 0 unspecified atom stereocenters. The number of imidazole rings is 1. The Balaban J connectivity index is 1.99. The average Bonchev–Trinajstić information content (AvgIpc) is 3.21. The number of anilines is 1. The molecule has 0 radical (unpaired) electrons. The summed E-state index contributed by atoms with van der Waals surface area (Å²) in [5, 5.41) is 0. The van der Waals surface area contributed by atoms with Crippen molar-refractivity contribution in [3.63, 3.8) is 0 Å². The molecule has 5 rings (SSSR count). The summed E-state index contributed by atoms with van der Waals surface area (Å²) in [6, 6.07) is 30.4. The number of nitrogens with one attached hydrogen (secondary N) is 1. The molecule has 2 aromatic heterocycles. The van der Waals surface area contributed by atoms with Crippen LogP contribution in [0.5, 0.6) is 0 Å². The molecule has 2 heterocycles. The summed E-state index contributed by atoms with van der Waals surface area (Å²) in [4.78, 5) is 23.5. The third-order valence-electron chi connectivity index (χ3n) is 5.38. The zero-order chi connectivity index (χ0) is 20.6. The number of rotatable bonds is 4. The third kappa shape index (κ3) is 2.62. The highest BCUT2D eigenvalue weighted by atomic mass is 16.1. The Morgan fingerprint density at radius 3 is 1.70 bits per heavy atom. The number of H-pyrrole nitrogens is 1. The number of benzene rings is 3. The van der Waals surface area contributed by atoms with Gasteiger partial charge in [0.15, 0.2) is 5.65 Å². The van der Waals surface area contributed by atoms with Gasteiger partial charge in [-0.1, -0.05) is 91.0 Å². The van der Waals surface area contributed by atoms with Gasteiger partial charge in [0.25, 0.3) is 0 Å². The first kappa shape index (κ1) is 17.9. The van der Waals surface area contributed by atoms with Gasteiger partial charge in [0.05, 0.1) is 6.33 Å². The second kappa shape index (κ2) is 7.00. The van der Waals surface area contributed by atoms with E-state index in [1.165, 1.54) is 0 Å². The van der Waals surface area contributed by atoms with Crippen molar-refractivity contribution in [2.45, 2.75) is 5.54 Å². The molecule has 0 atom stereocenters. The first-order valence-corrected chi connectivity index (χ1v) is 9.61. The largest absolute Gasteiger partial charge is 0.383 e. The maximum absolute atomic E-state index is 12.2. The molecule has 0 aliphatic heterocycles. The van der Waals surface area contributed by atoms with Gasteiger partial charge < -0.3 is 5.73 Å². The fourth-order valence-corrected chi connectivity index (χ4v) is 4.14. The Labute approximate surface area is 172 Å². The molecular formula is C24H19N5O. The van der Waals surface area contributed by atoms with Crippen molar-refractivity contribution >= 4 is 17.0 Å². The lowest BCUT2D eigenvalue weighted by Crippen LogP contribution is -2.37. The second-order valence-corrected chi connectivity index (χ2v) is 7.05. The van der Waals surface area contributed by atoms with Crippen LogP contribution in [0.4, 0.5) is 5.82 Å². The van der Waals surface area contributed by atoms with Gasteiger partial charge in [-0.2, -0.15) is 4.98 Å². The molecule has 30 heavy (non-hydrogen) atoms. The van der Waals surface area contributed by atoms with Gasteiger partial charge in [0, 0.05) is 0 Å².